The minimum Gasteiger partial charge on any atom is -0.463 e. The van der Waals surface area contributed by atoms with Gasteiger partial charge < -0.3 is 9.73 Å². The van der Waals surface area contributed by atoms with Crippen LogP contribution in [0.3, 0.4) is 0 Å². The SMILES string of the molecule is O=C1N/C(=N\N=C\c2ccco2)S[C@@H]1Cc1ccc(F)cc1. The van der Waals surface area contributed by atoms with E-state index in [1.807, 2.05) is 0 Å². The second-order valence-corrected chi connectivity index (χ2v) is 5.78. The monoisotopic (exact) mass is 317 g/mol. The summed E-state index contributed by atoms with van der Waals surface area (Å²) in [6, 6.07) is 9.62. The van der Waals surface area contributed by atoms with Crippen LogP contribution in [0, 0.1) is 5.82 Å². The van der Waals surface area contributed by atoms with Crippen LogP contribution in [-0.2, 0) is 11.2 Å². The molecule has 1 saturated heterocycles. The van der Waals surface area contributed by atoms with Gasteiger partial charge in [0.2, 0.25) is 5.91 Å². The van der Waals surface area contributed by atoms with Crippen LogP contribution in [0.25, 0.3) is 0 Å². The van der Waals surface area contributed by atoms with Gasteiger partial charge in [-0.1, -0.05) is 23.9 Å². The molecule has 5 nitrogen and oxygen atoms in total. The minimum atomic E-state index is -0.290. The molecule has 1 aliphatic heterocycles. The summed E-state index contributed by atoms with van der Waals surface area (Å²) in [4.78, 5) is 11.9. The van der Waals surface area contributed by atoms with Gasteiger partial charge in [0.05, 0.1) is 17.7 Å². The Balaban J connectivity index is 1.61. The molecule has 0 radical (unpaired) electrons. The fourth-order valence-corrected chi connectivity index (χ4v) is 2.89. The molecule has 0 spiro atoms. The van der Waals surface area contributed by atoms with Crippen LogP contribution in [0.15, 0.2) is 57.3 Å². The molecule has 1 aromatic carbocycles. The Morgan fingerprint density at radius 2 is 2.14 bits per heavy atom. The molecule has 1 N–H and O–H groups in total. The highest BCUT2D eigenvalue weighted by Gasteiger charge is 2.30. The van der Waals surface area contributed by atoms with E-state index in [0.29, 0.717) is 17.3 Å². The Morgan fingerprint density at radius 1 is 1.32 bits per heavy atom. The third-order valence-corrected chi connectivity index (χ3v) is 4.06. The number of rotatable bonds is 4. The number of amides is 1. The highest BCUT2D eigenvalue weighted by Crippen LogP contribution is 2.23. The summed E-state index contributed by atoms with van der Waals surface area (Å²) in [5, 5.41) is 10.6. The molecule has 1 fully saturated rings. The number of nitrogens with one attached hydrogen (secondary N) is 1. The molecule has 2 heterocycles. The number of carbonyl (C=O) groups is 1. The Labute approximate surface area is 130 Å². The van der Waals surface area contributed by atoms with Gasteiger partial charge in [-0.15, -0.1) is 5.10 Å². The van der Waals surface area contributed by atoms with Crippen molar-refractivity contribution in [2.45, 2.75) is 11.7 Å². The Hall–Kier alpha value is -2.41. The lowest BCUT2D eigenvalue weighted by molar-refractivity contribution is -0.118. The standard InChI is InChI=1S/C15H12FN3O2S/c16-11-5-3-10(4-6-11)8-13-14(20)18-15(22-13)19-17-9-12-2-1-7-21-12/h1-7,9,13H,8H2,(H,18,19,20)/b17-9+/t13-/m1/s1. The predicted molar refractivity (Wildman–Crippen MR) is 83.4 cm³/mol. The number of hydrogen-bond donors (Lipinski definition) is 1. The van der Waals surface area contributed by atoms with E-state index in [1.54, 1.807) is 30.5 Å². The molecule has 1 aromatic heterocycles. The number of amidine groups is 1. The first-order valence-electron chi connectivity index (χ1n) is 6.57. The number of thioether (sulfide) groups is 1. The van der Waals surface area contributed by atoms with Crippen molar-refractivity contribution in [2.24, 2.45) is 10.2 Å². The normalized spacial score (nSPS) is 20.0. The van der Waals surface area contributed by atoms with Gasteiger partial charge in [-0.25, -0.2) is 4.39 Å². The lowest BCUT2D eigenvalue weighted by Crippen LogP contribution is -2.25. The van der Waals surface area contributed by atoms with Crippen LogP contribution < -0.4 is 5.32 Å². The van der Waals surface area contributed by atoms with Crippen LogP contribution >= 0.6 is 11.8 Å². The minimum absolute atomic E-state index is 0.124. The topological polar surface area (TPSA) is 67.0 Å². The van der Waals surface area contributed by atoms with E-state index >= 15 is 0 Å². The van der Waals surface area contributed by atoms with E-state index in [4.69, 9.17) is 4.42 Å². The van der Waals surface area contributed by atoms with Gasteiger partial charge in [0.1, 0.15) is 11.6 Å². The number of benzene rings is 1. The van der Waals surface area contributed by atoms with Gasteiger partial charge in [-0.05, 0) is 36.2 Å². The molecule has 0 bridgehead atoms. The average Bonchev–Trinajstić information content (AvgIpc) is 3.12. The first-order chi connectivity index (χ1) is 10.7. The van der Waals surface area contributed by atoms with E-state index in [-0.39, 0.29) is 17.0 Å². The lowest BCUT2D eigenvalue weighted by atomic mass is 10.1. The van der Waals surface area contributed by atoms with E-state index < -0.39 is 0 Å². The van der Waals surface area contributed by atoms with Gasteiger partial charge in [-0.3, -0.25) is 4.79 Å². The van der Waals surface area contributed by atoms with Crippen LogP contribution in [0.5, 0.6) is 0 Å². The molecule has 0 unspecified atom stereocenters. The van der Waals surface area contributed by atoms with Crippen LogP contribution in [-0.4, -0.2) is 22.5 Å². The van der Waals surface area contributed by atoms with E-state index in [1.165, 1.54) is 30.1 Å². The Kier molecular flexibility index (Phi) is 4.34. The van der Waals surface area contributed by atoms with Crippen molar-refractivity contribution in [3.63, 3.8) is 0 Å². The molecule has 1 aliphatic rings. The number of halogens is 1. The number of carbonyl (C=O) groups excluding carboxylic acids is 1. The van der Waals surface area contributed by atoms with Crippen molar-refractivity contribution in [1.29, 1.82) is 0 Å². The third kappa shape index (κ3) is 3.62. The largest absolute Gasteiger partial charge is 0.463 e. The Bertz CT molecular complexity index is 711. The zero-order valence-electron chi connectivity index (χ0n) is 11.4. The molecular weight excluding hydrogens is 305 g/mol. The van der Waals surface area contributed by atoms with Gasteiger partial charge >= 0.3 is 0 Å². The van der Waals surface area contributed by atoms with E-state index in [0.717, 1.165) is 5.56 Å². The fourth-order valence-electron chi connectivity index (χ4n) is 1.92. The number of nitrogens with zero attached hydrogens (tertiary/aromatic N) is 2. The summed E-state index contributed by atoms with van der Waals surface area (Å²) >= 11 is 1.31. The molecule has 0 saturated carbocycles. The molecular formula is C15H12FN3O2S. The second kappa shape index (κ2) is 6.57. The molecule has 112 valence electrons. The van der Waals surface area contributed by atoms with Gasteiger partial charge in [0.15, 0.2) is 5.17 Å². The highest BCUT2D eigenvalue weighted by molar-refractivity contribution is 8.15. The summed E-state index contributed by atoms with van der Waals surface area (Å²) in [5.74, 6) is 0.171. The van der Waals surface area contributed by atoms with Gasteiger partial charge in [0, 0.05) is 0 Å². The maximum Gasteiger partial charge on any atom is 0.239 e. The Morgan fingerprint density at radius 3 is 2.86 bits per heavy atom. The molecule has 7 heteroatoms. The van der Waals surface area contributed by atoms with Gasteiger partial charge in [0.25, 0.3) is 0 Å². The van der Waals surface area contributed by atoms with Crippen molar-refractivity contribution in [3.05, 3.63) is 59.8 Å². The fraction of sp³-hybridized carbons (Fsp3) is 0.133. The quantitative estimate of drug-likeness (QED) is 0.696. The van der Waals surface area contributed by atoms with Crippen molar-refractivity contribution in [1.82, 2.24) is 5.32 Å². The molecule has 2 aromatic rings. The summed E-state index contributed by atoms with van der Waals surface area (Å²) in [7, 11) is 0. The van der Waals surface area contributed by atoms with Crippen LogP contribution in [0.2, 0.25) is 0 Å². The van der Waals surface area contributed by atoms with Crippen molar-refractivity contribution in [2.75, 3.05) is 0 Å². The van der Waals surface area contributed by atoms with Gasteiger partial charge in [-0.2, -0.15) is 5.10 Å². The lowest BCUT2D eigenvalue weighted by Gasteiger charge is -2.04. The molecule has 3 rings (SSSR count). The third-order valence-electron chi connectivity index (χ3n) is 2.99. The average molecular weight is 317 g/mol. The highest BCUT2D eigenvalue weighted by atomic mass is 32.2. The zero-order chi connectivity index (χ0) is 15.4. The van der Waals surface area contributed by atoms with Crippen molar-refractivity contribution in [3.8, 4) is 0 Å². The summed E-state index contributed by atoms with van der Waals surface area (Å²) < 4.78 is 18.0. The first kappa shape index (κ1) is 14.5. The number of hydrogen-bond acceptors (Lipinski definition) is 5. The van der Waals surface area contributed by atoms with Crippen LogP contribution in [0.1, 0.15) is 11.3 Å². The summed E-state index contributed by atoms with van der Waals surface area (Å²) in [6.07, 6.45) is 3.52. The van der Waals surface area contributed by atoms with E-state index in [9.17, 15) is 9.18 Å². The summed E-state index contributed by atoms with van der Waals surface area (Å²) in [5.41, 5.74) is 0.898. The predicted octanol–water partition coefficient (Wildman–Crippen LogP) is 2.58. The van der Waals surface area contributed by atoms with Crippen molar-refractivity contribution >= 4 is 29.1 Å². The molecule has 1 amide bonds. The maximum atomic E-state index is 12.9. The summed E-state index contributed by atoms with van der Waals surface area (Å²) in [6.45, 7) is 0. The van der Waals surface area contributed by atoms with Crippen LogP contribution in [0.4, 0.5) is 4.39 Å². The second-order valence-electron chi connectivity index (χ2n) is 4.59. The smallest absolute Gasteiger partial charge is 0.239 e. The number of furan rings is 1. The molecule has 1 atom stereocenters. The maximum absolute atomic E-state index is 12.9. The van der Waals surface area contributed by atoms with Crippen molar-refractivity contribution < 1.29 is 13.6 Å². The first-order valence-corrected chi connectivity index (χ1v) is 7.45. The van der Waals surface area contributed by atoms with E-state index in [2.05, 4.69) is 15.5 Å². The zero-order valence-corrected chi connectivity index (χ0v) is 12.2. The molecule has 22 heavy (non-hydrogen) atoms. The molecule has 0 aliphatic carbocycles.